The Bertz CT molecular complexity index is 115. The maximum atomic E-state index is 5.70. The van der Waals surface area contributed by atoms with Crippen molar-refractivity contribution in [3.05, 3.63) is 0 Å². The fraction of sp³-hybridized carbons (Fsp3) is 1.00. The van der Waals surface area contributed by atoms with Crippen LogP contribution in [0.4, 0.5) is 0 Å². The summed E-state index contributed by atoms with van der Waals surface area (Å²) in [4.78, 5) is 2.51. The summed E-state index contributed by atoms with van der Waals surface area (Å²) in [5.41, 5.74) is 5.92. The van der Waals surface area contributed by atoms with E-state index in [-0.39, 0.29) is 5.54 Å². The summed E-state index contributed by atoms with van der Waals surface area (Å²) >= 11 is 0. The first-order valence-corrected chi connectivity index (χ1v) is 4.62. The minimum atomic E-state index is 0.223. The average Bonchev–Trinajstić information content (AvgIpc) is 2.06. The number of nitrogens with two attached hydrogens (primary N) is 1. The molecule has 1 fully saturated rings. The highest BCUT2D eigenvalue weighted by atomic mass is 15.2. The van der Waals surface area contributed by atoms with Gasteiger partial charge in [0.1, 0.15) is 0 Å². The molecule has 0 amide bonds. The van der Waals surface area contributed by atoms with E-state index in [1.165, 1.54) is 32.4 Å². The molecule has 0 aromatic carbocycles. The van der Waals surface area contributed by atoms with Crippen molar-refractivity contribution in [3.63, 3.8) is 0 Å². The van der Waals surface area contributed by atoms with Gasteiger partial charge in [-0.2, -0.15) is 0 Å². The molecule has 11 heavy (non-hydrogen) atoms. The third-order valence-electron chi connectivity index (χ3n) is 2.71. The van der Waals surface area contributed by atoms with Crippen LogP contribution in [-0.4, -0.2) is 30.1 Å². The first-order valence-electron chi connectivity index (χ1n) is 4.62. The normalized spacial score (nSPS) is 22.1. The number of hydrogen-bond acceptors (Lipinski definition) is 2. The molecule has 0 aliphatic carbocycles. The third kappa shape index (κ3) is 2.17. The zero-order valence-electron chi connectivity index (χ0n) is 7.77. The lowest BCUT2D eigenvalue weighted by Crippen LogP contribution is -2.51. The van der Waals surface area contributed by atoms with E-state index in [2.05, 4.69) is 18.7 Å². The highest BCUT2D eigenvalue weighted by Gasteiger charge is 2.25. The molecule has 0 spiro atoms. The van der Waals surface area contributed by atoms with Crippen LogP contribution in [0.5, 0.6) is 0 Å². The Hall–Kier alpha value is -0.0800. The molecule has 2 nitrogen and oxygen atoms in total. The zero-order valence-corrected chi connectivity index (χ0v) is 7.77. The van der Waals surface area contributed by atoms with Gasteiger partial charge in [-0.1, -0.05) is 6.42 Å². The van der Waals surface area contributed by atoms with Gasteiger partial charge in [-0.15, -0.1) is 0 Å². The maximum Gasteiger partial charge on any atom is 0.0275 e. The number of hydrogen-bond donors (Lipinski definition) is 1. The number of nitrogens with zero attached hydrogens (tertiary/aromatic N) is 1. The summed E-state index contributed by atoms with van der Waals surface area (Å²) < 4.78 is 0. The molecule has 1 aliphatic heterocycles. The molecule has 0 radical (unpaired) electrons. The van der Waals surface area contributed by atoms with Gasteiger partial charge in [0.2, 0.25) is 0 Å². The van der Waals surface area contributed by atoms with Crippen molar-refractivity contribution in [1.29, 1.82) is 0 Å². The number of piperidine rings is 1. The maximum absolute atomic E-state index is 5.70. The van der Waals surface area contributed by atoms with Crippen molar-refractivity contribution in [3.8, 4) is 0 Å². The van der Waals surface area contributed by atoms with Crippen molar-refractivity contribution in [2.24, 2.45) is 5.73 Å². The van der Waals surface area contributed by atoms with Gasteiger partial charge < -0.3 is 5.73 Å². The standard InChI is InChI=1S/C9H20N2/c1-9(2,8-10)11-6-4-3-5-7-11/h3-8,10H2,1-2H3. The number of likely N-dealkylation sites (tertiary alicyclic amines) is 1. The van der Waals surface area contributed by atoms with Gasteiger partial charge in [-0.3, -0.25) is 4.90 Å². The first kappa shape index (κ1) is 9.01. The van der Waals surface area contributed by atoms with Gasteiger partial charge in [0.05, 0.1) is 0 Å². The lowest BCUT2D eigenvalue weighted by molar-refractivity contribution is 0.102. The van der Waals surface area contributed by atoms with Crippen LogP contribution < -0.4 is 5.73 Å². The summed E-state index contributed by atoms with van der Waals surface area (Å²) in [5, 5.41) is 0. The summed E-state index contributed by atoms with van der Waals surface area (Å²) in [5.74, 6) is 0. The van der Waals surface area contributed by atoms with E-state index in [4.69, 9.17) is 5.73 Å². The molecule has 0 atom stereocenters. The van der Waals surface area contributed by atoms with Gasteiger partial charge in [-0.05, 0) is 39.8 Å². The van der Waals surface area contributed by atoms with Gasteiger partial charge in [0.15, 0.2) is 0 Å². The summed E-state index contributed by atoms with van der Waals surface area (Å²) in [6.07, 6.45) is 4.10. The fourth-order valence-electron chi connectivity index (χ4n) is 1.63. The smallest absolute Gasteiger partial charge is 0.0275 e. The monoisotopic (exact) mass is 156 g/mol. The molecule has 1 rings (SSSR count). The lowest BCUT2D eigenvalue weighted by atomic mass is 9.99. The lowest BCUT2D eigenvalue weighted by Gasteiger charge is -2.40. The van der Waals surface area contributed by atoms with Crippen LogP contribution in [0.15, 0.2) is 0 Å². The van der Waals surface area contributed by atoms with Gasteiger partial charge in [-0.25, -0.2) is 0 Å². The first-order chi connectivity index (χ1) is 5.17. The van der Waals surface area contributed by atoms with E-state index >= 15 is 0 Å². The highest BCUT2D eigenvalue weighted by molar-refractivity contribution is 4.83. The Balaban J connectivity index is 2.43. The highest BCUT2D eigenvalue weighted by Crippen LogP contribution is 2.18. The molecule has 0 bridgehead atoms. The van der Waals surface area contributed by atoms with Crippen LogP contribution in [-0.2, 0) is 0 Å². The summed E-state index contributed by atoms with van der Waals surface area (Å²) in [6, 6.07) is 0. The van der Waals surface area contributed by atoms with Gasteiger partial charge >= 0.3 is 0 Å². The Labute approximate surface area is 69.8 Å². The Kier molecular flexibility index (Phi) is 2.90. The van der Waals surface area contributed by atoms with E-state index in [1.54, 1.807) is 0 Å². The van der Waals surface area contributed by atoms with Crippen molar-refractivity contribution in [2.45, 2.75) is 38.6 Å². The second kappa shape index (κ2) is 3.55. The molecule has 1 heterocycles. The summed E-state index contributed by atoms with van der Waals surface area (Å²) in [7, 11) is 0. The Morgan fingerprint density at radius 2 is 1.73 bits per heavy atom. The largest absolute Gasteiger partial charge is 0.329 e. The SMILES string of the molecule is CC(C)(CN)N1CCCCC1. The quantitative estimate of drug-likeness (QED) is 0.651. The van der Waals surface area contributed by atoms with Crippen LogP contribution in [0, 0.1) is 0 Å². The van der Waals surface area contributed by atoms with E-state index < -0.39 is 0 Å². The predicted octanol–water partition coefficient (Wildman–Crippen LogP) is 1.21. The molecular formula is C9H20N2. The second-order valence-electron chi connectivity index (χ2n) is 4.06. The van der Waals surface area contributed by atoms with Crippen LogP contribution in [0.2, 0.25) is 0 Å². The third-order valence-corrected chi connectivity index (χ3v) is 2.71. The van der Waals surface area contributed by atoms with Crippen LogP contribution >= 0.6 is 0 Å². The molecule has 2 N–H and O–H groups in total. The van der Waals surface area contributed by atoms with Crippen molar-refractivity contribution in [2.75, 3.05) is 19.6 Å². The van der Waals surface area contributed by atoms with Gasteiger partial charge in [0, 0.05) is 12.1 Å². The van der Waals surface area contributed by atoms with Crippen molar-refractivity contribution < 1.29 is 0 Å². The van der Waals surface area contributed by atoms with Crippen molar-refractivity contribution >= 4 is 0 Å². The van der Waals surface area contributed by atoms with Gasteiger partial charge in [0.25, 0.3) is 0 Å². The van der Waals surface area contributed by atoms with E-state index in [9.17, 15) is 0 Å². The molecule has 0 aromatic rings. The minimum absolute atomic E-state index is 0.223. The van der Waals surface area contributed by atoms with Crippen molar-refractivity contribution in [1.82, 2.24) is 4.90 Å². The minimum Gasteiger partial charge on any atom is -0.329 e. The molecule has 2 heteroatoms. The topological polar surface area (TPSA) is 29.3 Å². The second-order valence-corrected chi connectivity index (χ2v) is 4.06. The average molecular weight is 156 g/mol. The van der Waals surface area contributed by atoms with Crippen LogP contribution in [0.25, 0.3) is 0 Å². The van der Waals surface area contributed by atoms with E-state index in [0.717, 1.165) is 6.54 Å². The van der Waals surface area contributed by atoms with Crippen LogP contribution in [0.1, 0.15) is 33.1 Å². The van der Waals surface area contributed by atoms with Crippen LogP contribution in [0.3, 0.4) is 0 Å². The Morgan fingerprint density at radius 1 is 1.18 bits per heavy atom. The molecule has 1 aliphatic rings. The molecule has 0 unspecified atom stereocenters. The zero-order chi connectivity index (χ0) is 8.32. The number of rotatable bonds is 2. The fourth-order valence-corrected chi connectivity index (χ4v) is 1.63. The molecule has 0 saturated carbocycles. The predicted molar refractivity (Wildman–Crippen MR) is 48.6 cm³/mol. The molecule has 1 saturated heterocycles. The molecule has 0 aromatic heterocycles. The summed E-state index contributed by atoms with van der Waals surface area (Å²) in [6.45, 7) is 7.72. The molecular weight excluding hydrogens is 136 g/mol. The van der Waals surface area contributed by atoms with E-state index in [0.29, 0.717) is 0 Å². The molecule has 66 valence electrons. The Morgan fingerprint density at radius 3 is 2.18 bits per heavy atom. The van der Waals surface area contributed by atoms with E-state index in [1.807, 2.05) is 0 Å².